The Balaban J connectivity index is 1.73. The molecule has 2 aromatic carbocycles. The monoisotopic (exact) mass is 366 g/mol. The molecule has 4 nitrogen and oxygen atoms in total. The Morgan fingerprint density at radius 2 is 2.04 bits per heavy atom. The number of hydrogen-bond acceptors (Lipinski definition) is 4. The first-order valence-corrected chi connectivity index (χ1v) is 9.47. The van der Waals surface area contributed by atoms with E-state index in [0.29, 0.717) is 11.7 Å². The standard InChI is InChI=1S/C21H22N2O2S/c1-4-13-25-17-8-6-5-7-16(17)10-12-19(24)22-21-23-20-15(3)14(2)9-11-18(20)26-21/h5-12H,4,13H2,1-3H3,(H,22,23,24)/b12-10+. The summed E-state index contributed by atoms with van der Waals surface area (Å²) in [6.07, 6.45) is 4.22. The number of ether oxygens (including phenoxy) is 1. The van der Waals surface area contributed by atoms with Crippen molar-refractivity contribution in [2.45, 2.75) is 27.2 Å². The van der Waals surface area contributed by atoms with E-state index < -0.39 is 0 Å². The van der Waals surface area contributed by atoms with Crippen molar-refractivity contribution in [3.63, 3.8) is 0 Å². The molecule has 0 bridgehead atoms. The Hall–Kier alpha value is -2.66. The molecule has 0 saturated carbocycles. The molecule has 0 spiro atoms. The second-order valence-electron chi connectivity index (χ2n) is 6.08. The van der Waals surface area contributed by atoms with E-state index in [4.69, 9.17) is 4.74 Å². The van der Waals surface area contributed by atoms with Gasteiger partial charge in [0, 0.05) is 11.6 Å². The van der Waals surface area contributed by atoms with Crippen LogP contribution in [0.3, 0.4) is 0 Å². The van der Waals surface area contributed by atoms with Gasteiger partial charge in [0.25, 0.3) is 0 Å². The van der Waals surface area contributed by atoms with Gasteiger partial charge in [0.05, 0.1) is 16.8 Å². The maximum atomic E-state index is 12.3. The predicted molar refractivity (Wildman–Crippen MR) is 109 cm³/mol. The first-order valence-electron chi connectivity index (χ1n) is 8.66. The molecule has 3 aromatic rings. The summed E-state index contributed by atoms with van der Waals surface area (Å²) >= 11 is 1.48. The van der Waals surface area contributed by atoms with E-state index in [1.165, 1.54) is 23.0 Å². The Morgan fingerprint density at radius 1 is 1.23 bits per heavy atom. The minimum absolute atomic E-state index is 0.205. The van der Waals surface area contributed by atoms with E-state index >= 15 is 0 Å². The van der Waals surface area contributed by atoms with Gasteiger partial charge < -0.3 is 4.74 Å². The third kappa shape index (κ3) is 4.11. The number of anilines is 1. The van der Waals surface area contributed by atoms with Gasteiger partial charge in [-0.1, -0.05) is 42.5 Å². The van der Waals surface area contributed by atoms with Gasteiger partial charge in [0.15, 0.2) is 5.13 Å². The second-order valence-corrected chi connectivity index (χ2v) is 7.11. The van der Waals surface area contributed by atoms with Crippen molar-refractivity contribution in [2.75, 3.05) is 11.9 Å². The van der Waals surface area contributed by atoms with E-state index in [9.17, 15) is 4.79 Å². The molecule has 0 saturated heterocycles. The highest BCUT2D eigenvalue weighted by molar-refractivity contribution is 7.22. The minimum Gasteiger partial charge on any atom is -0.493 e. The number of aromatic nitrogens is 1. The third-order valence-corrected chi connectivity index (χ3v) is 5.05. The molecule has 0 radical (unpaired) electrons. The lowest BCUT2D eigenvalue weighted by atomic mass is 10.1. The molecule has 1 amide bonds. The summed E-state index contributed by atoms with van der Waals surface area (Å²) < 4.78 is 6.78. The normalized spacial score (nSPS) is 11.2. The number of nitrogens with one attached hydrogen (secondary N) is 1. The molecule has 0 aliphatic rings. The molecule has 0 unspecified atom stereocenters. The van der Waals surface area contributed by atoms with Crippen LogP contribution >= 0.6 is 11.3 Å². The molecule has 5 heteroatoms. The van der Waals surface area contributed by atoms with Crippen molar-refractivity contribution in [3.8, 4) is 5.75 Å². The number of carbonyl (C=O) groups excluding carboxylic acids is 1. The summed E-state index contributed by atoms with van der Waals surface area (Å²) in [4.78, 5) is 16.8. The number of rotatable bonds is 6. The summed E-state index contributed by atoms with van der Waals surface area (Å²) in [7, 11) is 0. The summed E-state index contributed by atoms with van der Waals surface area (Å²) in [6.45, 7) is 6.83. The molecular formula is C21H22N2O2S. The van der Waals surface area contributed by atoms with Gasteiger partial charge in [-0.25, -0.2) is 4.98 Å². The molecule has 26 heavy (non-hydrogen) atoms. The number of thiazole rings is 1. The van der Waals surface area contributed by atoms with Crippen LogP contribution in [0, 0.1) is 13.8 Å². The third-order valence-electron chi connectivity index (χ3n) is 4.11. The topological polar surface area (TPSA) is 51.2 Å². The first kappa shape index (κ1) is 18.1. The van der Waals surface area contributed by atoms with Crippen LogP contribution in [-0.4, -0.2) is 17.5 Å². The van der Waals surface area contributed by atoms with Gasteiger partial charge in [-0.2, -0.15) is 0 Å². The zero-order valence-corrected chi connectivity index (χ0v) is 16.0. The molecular weight excluding hydrogens is 344 g/mol. The lowest BCUT2D eigenvalue weighted by molar-refractivity contribution is -0.111. The molecule has 0 aliphatic carbocycles. The Morgan fingerprint density at radius 3 is 2.85 bits per heavy atom. The number of carbonyl (C=O) groups is 1. The fraction of sp³-hybridized carbons (Fsp3) is 0.238. The van der Waals surface area contributed by atoms with Crippen LogP contribution in [0.5, 0.6) is 5.75 Å². The second kappa shape index (κ2) is 8.15. The Kier molecular flexibility index (Phi) is 5.68. The summed E-state index contributed by atoms with van der Waals surface area (Å²) in [6, 6.07) is 11.8. The SMILES string of the molecule is CCCOc1ccccc1/C=C/C(=O)Nc1nc2c(C)c(C)ccc2s1. The summed E-state index contributed by atoms with van der Waals surface area (Å²) in [5.41, 5.74) is 4.18. The number of hydrogen-bond donors (Lipinski definition) is 1. The fourth-order valence-electron chi connectivity index (χ4n) is 2.55. The van der Waals surface area contributed by atoms with Crippen LogP contribution in [0.1, 0.15) is 30.0 Å². The van der Waals surface area contributed by atoms with E-state index in [1.54, 1.807) is 6.08 Å². The Bertz CT molecular complexity index is 960. The van der Waals surface area contributed by atoms with Crippen molar-refractivity contribution >= 4 is 38.7 Å². The van der Waals surface area contributed by atoms with Crippen LogP contribution in [0.25, 0.3) is 16.3 Å². The van der Waals surface area contributed by atoms with Gasteiger partial charge in [-0.15, -0.1) is 0 Å². The van der Waals surface area contributed by atoms with Crippen LogP contribution < -0.4 is 10.1 Å². The minimum atomic E-state index is -0.205. The zero-order valence-electron chi connectivity index (χ0n) is 15.2. The lowest BCUT2D eigenvalue weighted by Gasteiger charge is -2.07. The predicted octanol–water partition coefficient (Wildman–Crippen LogP) is 5.35. The van der Waals surface area contributed by atoms with Crippen LogP contribution in [0.4, 0.5) is 5.13 Å². The van der Waals surface area contributed by atoms with Gasteiger partial charge in [-0.05, 0) is 49.6 Å². The highest BCUT2D eigenvalue weighted by Crippen LogP contribution is 2.29. The van der Waals surface area contributed by atoms with Crippen molar-refractivity contribution in [1.82, 2.24) is 4.98 Å². The number of nitrogens with zero attached hydrogens (tertiary/aromatic N) is 1. The van der Waals surface area contributed by atoms with Crippen LogP contribution in [-0.2, 0) is 4.79 Å². The fourth-order valence-corrected chi connectivity index (χ4v) is 3.48. The van der Waals surface area contributed by atoms with Gasteiger partial charge in [0.2, 0.25) is 5.91 Å². The van der Waals surface area contributed by atoms with Crippen molar-refractivity contribution in [1.29, 1.82) is 0 Å². The highest BCUT2D eigenvalue weighted by Gasteiger charge is 2.09. The number of amides is 1. The van der Waals surface area contributed by atoms with E-state index in [0.717, 1.165) is 33.5 Å². The largest absolute Gasteiger partial charge is 0.493 e. The quantitative estimate of drug-likeness (QED) is 0.598. The molecule has 134 valence electrons. The molecule has 1 N–H and O–H groups in total. The van der Waals surface area contributed by atoms with Gasteiger partial charge in [0.1, 0.15) is 5.75 Å². The van der Waals surface area contributed by atoms with E-state index in [1.807, 2.05) is 30.3 Å². The maximum Gasteiger partial charge on any atom is 0.250 e. The van der Waals surface area contributed by atoms with Gasteiger partial charge in [-0.3, -0.25) is 10.1 Å². The maximum absolute atomic E-state index is 12.3. The molecule has 0 atom stereocenters. The summed E-state index contributed by atoms with van der Waals surface area (Å²) in [5.74, 6) is 0.577. The first-order chi connectivity index (χ1) is 12.6. The van der Waals surface area contributed by atoms with E-state index in [-0.39, 0.29) is 5.91 Å². The molecule has 0 fully saturated rings. The average Bonchev–Trinajstić information content (AvgIpc) is 3.05. The smallest absolute Gasteiger partial charge is 0.250 e. The number of para-hydroxylation sites is 1. The zero-order chi connectivity index (χ0) is 18.5. The molecule has 1 aromatic heterocycles. The lowest BCUT2D eigenvalue weighted by Crippen LogP contribution is -2.07. The van der Waals surface area contributed by atoms with E-state index in [2.05, 4.69) is 37.1 Å². The Labute approximate surface area is 157 Å². The van der Waals surface area contributed by atoms with Crippen molar-refractivity contribution < 1.29 is 9.53 Å². The average molecular weight is 366 g/mol. The van der Waals surface area contributed by atoms with Crippen LogP contribution in [0.15, 0.2) is 42.5 Å². The van der Waals surface area contributed by atoms with Crippen molar-refractivity contribution in [2.24, 2.45) is 0 Å². The molecule has 1 heterocycles. The van der Waals surface area contributed by atoms with Gasteiger partial charge >= 0.3 is 0 Å². The number of benzene rings is 2. The summed E-state index contributed by atoms with van der Waals surface area (Å²) in [5, 5.41) is 3.46. The van der Waals surface area contributed by atoms with Crippen molar-refractivity contribution in [3.05, 3.63) is 59.2 Å². The number of aryl methyl sites for hydroxylation is 2. The molecule has 0 aliphatic heterocycles. The highest BCUT2D eigenvalue weighted by atomic mass is 32.1. The molecule has 3 rings (SSSR count). The van der Waals surface area contributed by atoms with Crippen LogP contribution in [0.2, 0.25) is 0 Å². The number of fused-ring (bicyclic) bond motifs is 1.